The molecule has 3 rings (SSSR count). The summed E-state index contributed by atoms with van der Waals surface area (Å²) in [5, 5.41) is 18.3. The van der Waals surface area contributed by atoms with Gasteiger partial charge in [0, 0.05) is 19.0 Å². The van der Waals surface area contributed by atoms with Crippen LogP contribution in [0.5, 0.6) is 5.75 Å². The van der Waals surface area contributed by atoms with Gasteiger partial charge >= 0.3 is 6.09 Å². The van der Waals surface area contributed by atoms with Crippen LogP contribution in [0.3, 0.4) is 0 Å². The lowest BCUT2D eigenvalue weighted by atomic mass is 9.83. The maximum Gasteiger partial charge on any atom is 0.407 e. The average molecular weight is 277 g/mol. The highest BCUT2D eigenvalue weighted by atomic mass is 16.5. The Morgan fingerprint density at radius 1 is 1.25 bits per heavy atom. The molecule has 20 heavy (non-hydrogen) atoms. The van der Waals surface area contributed by atoms with E-state index in [0.717, 1.165) is 19.3 Å². The number of aromatic hydroxyl groups is 1. The third kappa shape index (κ3) is 2.45. The maximum absolute atomic E-state index is 10.9. The van der Waals surface area contributed by atoms with Crippen LogP contribution in [0, 0.1) is 0 Å². The second-order valence-corrected chi connectivity index (χ2v) is 5.76. The van der Waals surface area contributed by atoms with Crippen molar-refractivity contribution in [2.75, 3.05) is 19.7 Å². The molecule has 1 amide bonds. The minimum atomic E-state index is -0.840. The largest absolute Gasteiger partial charge is 0.508 e. The topological polar surface area (TPSA) is 70.0 Å². The lowest BCUT2D eigenvalue weighted by Crippen LogP contribution is -2.45. The molecular weight excluding hydrogens is 258 g/mol. The van der Waals surface area contributed by atoms with Crippen molar-refractivity contribution in [1.29, 1.82) is 0 Å². The molecule has 0 unspecified atom stereocenters. The van der Waals surface area contributed by atoms with E-state index < -0.39 is 6.09 Å². The van der Waals surface area contributed by atoms with Crippen LogP contribution >= 0.6 is 0 Å². The summed E-state index contributed by atoms with van der Waals surface area (Å²) in [6.45, 7) is 1.78. The number of piperidine rings is 1. The Morgan fingerprint density at radius 2 is 1.90 bits per heavy atom. The van der Waals surface area contributed by atoms with Gasteiger partial charge in [0.2, 0.25) is 0 Å². The van der Waals surface area contributed by atoms with Gasteiger partial charge in [-0.05, 0) is 37.0 Å². The predicted molar refractivity (Wildman–Crippen MR) is 73.0 cm³/mol. The number of ether oxygens (including phenoxy) is 1. The first-order valence-corrected chi connectivity index (χ1v) is 6.99. The molecule has 5 nitrogen and oxygen atoms in total. The molecule has 0 radical (unpaired) electrons. The van der Waals surface area contributed by atoms with Crippen LogP contribution in [0.25, 0.3) is 0 Å². The summed E-state index contributed by atoms with van der Waals surface area (Å²) in [5.41, 5.74) is 1.02. The molecule has 108 valence electrons. The number of amides is 1. The number of phenols is 1. The van der Waals surface area contributed by atoms with Gasteiger partial charge in [-0.15, -0.1) is 0 Å². The molecule has 1 atom stereocenters. The van der Waals surface area contributed by atoms with E-state index in [4.69, 9.17) is 9.84 Å². The molecule has 1 aromatic carbocycles. The highest BCUT2D eigenvalue weighted by Crippen LogP contribution is 2.42. The molecule has 2 saturated heterocycles. The first-order chi connectivity index (χ1) is 9.58. The summed E-state index contributed by atoms with van der Waals surface area (Å²) in [7, 11) is 0. The number of rotatable bonds is 1. The monoisotopic (exact) mass is 277 g/mol. The molecule has 2 fully saturated rings. The number of phenolic OH excluding ortho intramolecular Hbond substituents is 1. The fourth-order valence-electron chi connectivity index (χ4n) is 3.26. The summed E-state index contributed by atoms with van der Waals surface area (Å²) >= 11 is 0. The highest BCUT2D eigenvalue weighted by molar-refractivity contribution is 5.65. The van der Waals surface area contributed by atoms with Crippen LogP contribution in [0.15, 0.2) is 24.3 Å². The van der Waals surface area contributed by atoms with Crippen molar-refractivity contribution in [3.63, 3.8) is 0 Å². The Balaban J connectivity index is 1.65. The second-order valence-electron chi connectivity index (χ2n) is 5.76. The van der Waals surface area contributed by atoms with Crippen molar-refractivity contribution >= 4 is 6.09 Å². The summed E-state index contributed by atoms with van der Waals surface area (Å²) in [6, 6.07) is 7.28. The third-order valence-corrected chi connectivity index (χ3v) is 4.52. The van der Waals surface area contributed by atoms with E-state index in [0.29, 0.717) is 25.6 Å². The van der Waals surface area contributed by atoms with E-state index in [-0.39, 0.29) is 11.4 Å². The second kappa shape index (κ2) is 4.98. The molecule has 2 aliphatic rings. The Kier molecular flexibility index (Phi) is 3.30. The minimum Gasteiger partial charge on any atom is -0.508 e. The zero-order valence-corrected chi connectivity index (χ0v) is 11.3. The van der Waals surface area contributed by atoms with Crippen molar-refractivity contribution in [3.8, 4) is 5.75 Å². The van der Waals surface area contributed by atoms with Crippen LogP contribution in [0.4, 0.5) is 4.79 Å². The molecule has 1 spiro atoms. The van der Waals surface area contributed by atoms with E-state index >= 15 is 0 Å². The number of nitrogens with zero attached hydrogens (tertiary/aromatic N) is 1. The van der Waals surface area contributed by atoms with Crippen LogP contribution in [0.2, 0.25) is 0 Å². The number of benzene rings is 1. The Morgan fingerprint density at radius 3 is 2.50 bits per heavy atom. The van der Waals surface area contributed by atoms with Gasteiger partial charge in [0.15, 0.2) is 0 Å². The van der Waals surface area contributed by atoms with Crippen molar-refractivity contribution < 1.29 is 19.7 Å². The fourth-order valence-corrected chi connectivity index (χ4v) is 3.26. The SMILES string of the molecule is O=C(O)N1CCC2(CC1)C[C@@H](c1ccc(O)cc1)CO2. The van der Waals surface area contributed by atoms with Gasteiger partial charge in [0.05, 0.1) is 12.2 Å². The standard InChI is InChI=1S/C15H19NO4/c17-13-3-1-11(2-4-13)12-9-15(20-10-12)5-7-16(8-6-15)14(18)19/h1-4,12,17H,5-10H2,(H,18,19)/t12-/m1/s1. The first kappa shape index (κ1) is 13.2. The number of carboxylic acid groups (broad SMARTS) is 1. The van der Waals surface area contributed by atoms with Gasteiger partial charge in [-0.2, -0.15) is 0 Å². The van der Waals surface area contributed by atoms with E-state index in [1.807, 2.05) is 12.1 Å². The normalized spacial score (nSPS) is 25.0. The zero-order chi connectivity index (χ0) is 14.2. The number of likely N-dealkylation sites (tertiary alicyclic amines) is 1. The van der Waals surface area contributed by atoms with Crippen molar-refractivity contribution in [2.45, 2.75) is 30.8 Å². The van der Waals surface area contributed by atoms with Crippen LogP contribution < -0.4 is 0 Å². The zero-order valence-electron chi connectivity index (χ0n) is 11.3. The van der Waals surface area contributed by atoms with Gasteiger partial charge in [0.25, 0.3) is 0 Å². The smallest absolute Gasteiger partial charge is 0.407 e. The molecule has 1 aromatic rings. The van der Waals surface area contributed by atoms with Crippen LogP contribution in [0.1, 0.15) is 30.7 Å². The van der Waals surface area contributed by atoms with Crippen LogP contribution in [-0.4, -0.2) is 46.5 Å². The predicted octanol–water partition coefficient (Wildman–Crippen LogP) is 2.41. The molecule has 2 heterocycles. The molecule has 0 saturated carbocycles. The summed E-state index contributed by atoms with van der Waals surface area (Å²) in [5.74, 6) is 0.615. The highest BCUT2D eigenvalue weighted by Gasteiger charge is 2.43. The Bertz CT molecular complexity index is 491. The van der Waals surface area contributed by atoms with Gasteiger partial charge in [-0.3, -0.25) is 0 Å². The summed E-state index contributed by atoms with van der Waals surface area (Å²) in [6.07, 6.45) is 1.64. The quantitative estimate of drug-likeness (QED) is 0.827. The number of hydrogen-bond donors (Lipinski definition) is 2. The molecular formula is C15H19NO4. The van der Waals surface area contributed by atoms with Crippen LogP contribution in [-0.2, 0) is 4.74 Å². The van der Waals surface area contributed by atoms with Gasteiger partial charge < -0.3 is 19.8 Å². The first-order valence-electron chi connectivity index (χ1n) is 6.99. The van der Waals surface area contributed by atoms with E-state index in [1.165, 1.54) is 10.5 Å². The van der Waals surface area contributed by atoms with E-state index in [9.17, 15) is 9.90 Å². The Hall–Kier alpha value is -1.75. The van der Waals surface area contributed by atoms with Crippen molar-refractivity contribution in [2.24, 2.45) is 0 Å². The molecule has 5 heteroatoms. The molecule has 0 bridgehead atoms. The minimum absolute atomic E-state index is 0.158. The summed E-state index contributed by atoms with van der Waals surface area (Å²) in [4.78, 5) is 12.4. The lowest BCUT2D eigenvalue weighted by molar-refractivity contribution is -0.0394. The van der Waals surface area contributed by atoms with E-state index in [2.05, 4.69) is 0 Å². The molecule has 2 N–H and O–H groups in total. The number of hydrogen-bond acceptors (Lipinski definition) is 3. The maximum atomic E-state index is 10.9. The number of carbonyl (C=O) groups is 1. The molecule has 2 aliphatic heterocycles. The molecule has 0 aliphatic carbocycles. The van der Waals surface area contributed by atoms with Gasteiger partial charge in [-0.1, -0.05) is 12.1 Å². The van der Waals surface area contributed by atoms with Crippen molar-refractivity contribution in [1.82, 2.24) is 4.90 Å². The van der Waals surface area contributed by atoms with E-state index in [1.54, 1.807) is 12.1 Å². The Labute approximate surface area is 117 Å². The van der Waals surface area contributed by atoms with Gasteiger partial charge in [-0.25, -0.2) is 4.79 Å². The molecule has 0 aromatic heterocycles. The van der Waals surface area contributed by atoms with Crippen molar-refractivity contribution in [3.05, 3.63) is 29.8 Å². The summed E-state index contributed by atoms with van der Waals surface area (Å²) < 4.78 is 6.02. The third-order valence-electron chi connectivity index (χ3n) is 4.52. The average Bonchev–Trinajstić information content (AvgIpc) is 2.84. The van der Waals surface area contributed by atoms with Gasteiger partial charge in [0.1, 0.15) is 5.75 Å². The fraction of sp³-hybridized carbons (Fsp3) is 0.533. The lowest BCUT2D eigenvalue weighted by Gasteiger charge is -2.37.